The molecule has 0 unspecified atom stereocenters. The molecule has 0 heterocycles. The van der Waals surface area contributed by atoms with Crippen LogP contribution in [0.4, 0.5) is 0 Å². The molecule has 2 aromatic carbocycles. The molecule has 0 fully saturated rings. The van der Waals surface area contributed by atoms with Gasteiger partial charge in [-0.2, -0.15) is 0 Å². The molecule has 21 heavy (non-hydrogen) atoms. The van der Waals surface area contributed by atoms with E-state index in [1.54, 1.807) is 26.2 Å². The van der Waals surface area contributed by atoms with Gasteiger partial charge in [-0.3, -0.25) is 4.79 Å². The van der Waals surface area contributed by atoms with Crippen LogP contribution in [-0.4, -0.2) is 12.9 Å². The molecule has 110 valence electrons. The lowest BCUT2D eigenvalue weighted by molar-refractivity contribution is 0.101. The molecule has 0 saturated heterocycles. The number of ketones is 1. The van der Waals surface area contributed by atoms with Crippen LogP contribution in [0.2, 0.25) is 0 Å². The summed E-state index contributed by atoms with van der Waals surface area (Å²) >= 11 is 3.49. The smallest absolute Gasteiger partial charge is 0.159 e. The van der Waals surface area contributed by atoms with Crippen LogP contribution < -0.4 is 4.74 Å². The maximum absolute atomic E-state index is 11.4. The molecular formula is C17H17BrO3. The highest BCUT2D eigenvalue weighted by atomic mass is 79.9. The molecule has 0 amide bonds. The Balaban J connectivity index is 2.07. The number of carbonyl (C=O) groups is 1. The van der Waals surface area contributed by atoms with Crippen LogP contribution in [0.15, 0.2) is 46.9 Å². The largest absolute Gasteiger partial charge is 0.496 e. The van der Waals surface area contributed by atoms with E-state index in [1.165, 1.54) is 0 Å². The average molecular weight is 349 g/mol. The molecule has 0 bridgehead atoms. The number of carbonyl (C=O) groups excluding carboxylic acids is 1. The summed E-state index contributed by atoms with van der Waals surface area (Å²) in [5.74, 6) is 0.761. The van der Waals surface area contributed by atoms with Gasteiger partial charge in [0, 0.05) is 15.6 Å². The van der Waals surface area contributed by atoms with E-state index in [-0.39, 0.29) is 5.78 Å². The summed E-state index contributed by atoms with van der Waals surface area (Å²) in [6.07, 6.45) is 0. The van der Waals surface area contributed by atoms with E-state index in [0.29, 0.717) is 18.8 Å². The van der Waals surface area contributed by atoms with Crippen LogP contribution in [0.5, 0.6) is 5.75 Å². The Kier molecular flexibility index (Phi) is 5.53. The highest BCUT2D eigenvalue weighted by Crippen LogP contribution is 2.22. The number of rotatable bonds is 6. The average Bonchev–Trinajstić information content (AvgIpc) is 2.49. The van der Waals surface area contributed by atoms with Crippen molar-refractivity contribution in [3.63, 3.8) is 0 Å². The lowest BCUT2D eigenvalue weighted by Crippen LogP contribution is -2.01. The first kappa shape index (κ1) is 15.7. The minimum absolute atomic E-state index is 0.0321. The van der Waals surface area contributed by atoms with E-state index in [0.717, 1.165) is 21.3 Å². The van der Waals surface area contributed by atoms with Gasteiger partial charge in [0.25, 0.3) is 0 Å². The van der Waals surface area contributed by atoms with E-state index in [9.17, 15) is 4.79 Å². The molecule has 3 nitrogen and oxygen atoms in total. The maximum atomic E-state index is 11.4. The van der Waals surface area contributed by atoms with Crippen LogP contribution in [0.3, 0.4) is 0 Å². The second-order valence-electron chi connectivity index (χ2n) is 4.67. The summed E-state index contributed by atoms with van der Waals surface area (Å²) < 4.78 is 12.1. The molecule has 0 N–H and O–H groups in total. The Bertz CT molecular complexity index is 638. The first-order chi connectivity index (χ1) is 10.1. The maximum Gasteiger partial charge on any atom is 0.159 e. The van der Waals surface area contributed by atoms with E-state index < -0.39 is 0 Å². The van der Waals surface area contributed by atoms with Gasteiger partial charge in [-0.15, -0.1) is 0 Å². The van der Waals surface area contributed by atoms with Crippen molar-refractivity contribution in [3.05, 3.63) is 63.6 Å². The van der Waals surface area contributed by atoms with Crippen molar-refractivity contribution < 1.29 is 14.3 Å². The van der Waals surface area contributed by atoms with Crippen molar-refractivity contribution in [3.8, 4) is 5.75 Å². The van der Waals surface area contributed by atoms with Gasteiger partial charge in [0.1, 0.15) is 5.75 Å². The van der Waals surface area contributed by atoms with Crippen molar-refractivity contribution in [2.24, 2.45) is 0 Å². The molecule has 0 aromatic heterocycles. The molecule has 0 atom stereocenters. The quantitative estimate of drug-likeness (QED) is 0.726. The number of hydrogen-bond donors (Lipinski definition) is 0. The van der Waals surface area contributed by atoms with Gasteiger partial charge in [0.15, 0.2) is 5.78 Å². The van der Waals surface area contributed by atoms with Gasteiger partial charge in [0.05, 0.1) is 20.3 Å². The normalized spacial score (nSPS) is 10.4. The lowest BCUT2D eigenvalue weighted by Gasteiger charge is -2.11. The lowest BCUT2D eigenvalue weighted by atomic mass is 10.1. The molecule has 0 aliphatic heterocycles. The van der Waals surface area contributed by atoms with Gasteiger partial charge in [-0.25, -0.2) is 0 Å². The van der Waals surface area contributed by atoms with Gasteiger partial charge in [-0.1, -0.05) is 34.1 Å². The van der Waals surface area contributed by atoms with Crippen LogP contribution in [0, 0.1) is 0 Å². The van der Waals surface area contributed by atoms with E-state index >= 15 is 0 Å². The fraction of sp³-hybridized carbons (Fsp3) is 0.235. The number of Topliss-reactive ketones (excluding diaryl/α,β-unsaturated/α-hetero) is 1. The van der Waals surface area contributed by atoms with Crippen molar-refractivity contribution in [2.45, 2.75) is 20.1 Å². The fourth-order valence-electron chi connectivity index (χ4n) is 2.00. The van der Waals surface area contributed by atoms with E-state index in [4.69, 9.17) is 9.47 Å². The van der Waals surface area contributed by atoms with Crippen LogP contribution in [0.25, 0.3) is 0 Å². The highest BCUT2D eigenvalue weighted by molar-refractivity contribution is 9.10. The number of ether oxygens (including phenoxy) is 2. The predicted octanol–water partition coefficient (Wildman–Crippen LogP) is 4.38. The first-order valence-corrected chi connectivity index (χ1v) is 7.40. The first-order valence-electron chi connectivity index (χ1n) is 6.61. The molecule has 2 aromatic rings. The Morgan fingerprint density at radius 3 is 2.48 bits per heavy atom. The zero-order valence-corrected chi connectivity index (χ0v) is 13.6. The van der Waals surface area contributed by atoms with E-state index in [1.807, 2.05) is 30.3 Å². The SMILES string of the molecule is COc1ccc(C(C)=O)cc1COCc1ccccc1Br. The molecule has 0 spiro atoms. The van der Waals surface area contributed by atoms with Crippen molar-refractivity contribution >= 4 is 21.7 Å². The Morgan fingerprint density at radius 2 is 1.81 bits per heavy atom. The monoisotopic (exact) mass is 348 g/mol. The second kappa shape index (κ2) is 7.38. The topological polar surface area (TPSA) is 35.5 Å². The molecule has 0 aliphatic rings. The zero-order chi connectivity index (χ0) is 15.2. The third kappa shape index (κ3) is 4.16. The summed E-state index contributed by atoms with van der Waals surface area (Å²) in [6.45, 7) is 2.44. The fourth-order valence-corrected chi connectivity index (χ4v) is 2.40. The summed E-state index contributed by atoms with van der Waals surface area (Å²) in [7, 11) is 1.61. The molecule has 0 radical (unpaired) electrons. The molecular weight excluding hydrogens is 332 g/mol. The number of halogens is 1. The third-order valence-electron chi connectivity index (χ3n) is 3.16. The molecule has 0 saturated carbocycles. The van der Waals surface area contributed by atoms with E-state index in [2.05, 4.69) is 15.9 Å². The zero-order valence-electron chi connectivity index (χ0n) is 12.1. The third-order valence-corrected chi connectivity index (χ3v) is 3.93. The van der Waals surface area contributed by atoms with Crippen molar-refractivity contribution in [2.75, 3.05) is 7.11 Å². The predicted molar refractivity (Wildman–Crippen MR) is 85.6 cm³/mol. The van der Waals surface area contributed by atoms with Gasteiger partial charge in [0.2, 0.25) is 0 Å². The minimum atomic E-state index is 0.0321. The highest BCUT2D eigenvalue weighted by Gasteiger charge is 2.08. The van der Waals surface area contributed by atoms with Crippen LogP contribution >= 0.6 is 15.9 Å². The summed E-state index contributed by atoms with van der Waals surface area (Å²) in [5, 5.41) is 0. The molecule has 4 heteroatoms. The minimum Gasteiger partial charge on any atom is -0.496 e. The summed E-state index contributed by atoms with van der Waals surface area (Å²) in [5.41, 5.74) is 2.62. The molecule has 0 aliphatic carbocycles. The van der Waals surface area contributed by atoms with Crippen molar-refractivity contribution in [1.82, 2.24) is 0 Å². The second-order valence-corrected chi connectivity index (χ2v) is 5.52. The number of benzene rings is 2. The summed E-state index contributed by atoms with van der Waals surface area (Å²) in [6, 6.07) is 13.3. The number of hydrogen-bond acceptors (Lipinski definition) is 3. The van der Waals surface area contributed by atoms with Gasteiger partial charge < -0.3 is 9.47 Å². The number of methoxy groups -OCH3 is 1. The van der Waals surface area contributed by atoms with Crippen molar-refractivity contribution in [1.29, 1.82) is 0 Å². The summed E-state index contributed by atoms with van der Waals surface area (Å²) in [4.78, 5) is 11.4. The standard InChI is InChI=1S/C17H17BrO3/c1-12(19)13-7-8-17(20-2)15(9-13)11-21-10-14-5-3-4-6-16(14)18/h3-9H,10-11H2,1-2H3. The van der Waals surface area contributed by atoms with Gasteiger partial charge in [-0.05, 0) is 36.8 Å². The van der Waals surface area contributed by atoms with Crippen LogP contribution in [-0.2, 0) is 18.0 Å². The Labute approximate surface area is 133 Å². The van der Waals surface area contributed by atoms with Gasteiger partial charge >= 0.3 is 0 Å². The molecule has 2 rings (SSSR count). The van der Waals surface area contributed by atoms with Crippen LogP contribution in [0.1, 0.15) is 28.4 Å². The Hall–Kier alpha value is -1.65. The Morgan fingerprint density at radius 1 is 1.10 bits per heavy atom.